The molecule has 1 aliphatic carbocycles. The average Bonchev–Trinajstić information content (AvgIpc) is 3.75. The standard InChI is InChI=1S/C37H36FIN6O4S/c1-47-37(46)27-8-9-32-33(18-27)45(21-29-19-40-24-44(29)20-26-5-6-26)35(42-32)22-43-14-11-30(12-15-43)49-36-4-2-3-28(41-36)23-48-34-10-7-25(13-16-50-39)17-31(34)38/h2-4,7-10,17-19,24,26,30H,5-6,11-12,14-15,20-23H2,1H3. The van der Waals surface area contributed by atoms with Crippen LogP contribution in [0, 0.1) is 22.9 Å². The maximum Gasteiger partial charge on any atom is 0.337 e. The van der Waals surface area contributed by atoms with Crippen LogP contribution >= 0.6 is 30.1 Å². The van der Waals surface area contributed by atoms with Crippen molar-refractivity contribution in [3.8, 4) is 22.8 Å². The van der Waals surface area contributed by atoms with Crippen LogP contribution in [0.5, 0.6) is 11.6 Å². The molecule has 258 valence electrons. The highest BCUT2D eigenvalue weighted by molar-refractivity contribution is 14.2. The van der Waals surface area contributed by atoms with Crippen molar-refractivity contribution in [1.82, 2.24) is 29.0 Å². The lowest BCUT2D eigenvalue weighted by molar-refractivity contribution is 0.0601. The summed E-state index contributed by atoms with van der Waals surface area (Å²) in [5.74, 6) is 4.39. The molecule has 10 nitrogen and oxygen atoms in total. The fourth-order valence-electron chi connectivity index (χ4n) is 6.18. The Hall–Kier alpha value is -4.13. The first kappa shape index (κ1) is 34.3. The van der Waals surface area contributed by atoms with Gasteiger partial charge in [0.05, 0.1) is 54.5 Å². The van der Waals surface area contributed by atoms with E-state index in [1.54, 1.807) is 18.2 Å². The predicted molar refractivity (Wildman–Crippen MR) is 198 cm³/mol. The Morgan fingerprint density at radius 2 is 1.92 bits per heavy atom. The first-order valence-corrected chi connectivity index (χ1v) is 19.9. The maximum absolute atomic E-state index is 14.5. The normalized spacial score (nSPS) is 15.1. The van der Waals surface area contributed by atoms with Crippen molar-refractivity contribution in [1.29, 1.82) is 0 Å². The van der Waals surface area contributed by atoms with Crippen LogP contribution in [0.15, 0.2) is 67.1 Å². The molecule has 0 bridgehead atoms. The van der Waals surface area contributed by atoms with Gasteiger partial charge in [-0.1, -0.05) is 12.0 Å². The highest BCUT2D eigenvalue weighted by atomic mass is 127. The summed E-state index contributed by atoms with van der Waals surface area (Å²) in [5, 5.41) is 2.85. The number of esters is 1. The number of halogens is 2. The van der Waals surface area contributed by atoms with Crippen molar-refractivity contribution in [3.63, 3.8) is 0 Å². The zero-order chi connectivity index (χ0) is 34.5. The molecule has 0 N–H and O–H groups in total. The highest BCUT2D eigenvalue weighted by Gasteiger charge is 2.25. The van der Waals surface area contributed by atoms with Gasteiger partial charge in [0.15, 0.2) is 11.6 Å². The average molecular weight is 807 g/mol. The van der Waals surface area contributed by atoms with Gasteiger partial charge in [-0.25, -0.2) is 24.1 Å². The van der Waals surface area contributed by atoms with E-state index in [0.717, 1.165) is 60.9 Å². The second kappa shape index (κ2) is 15.8. The summed E-state index contributed by atoms with van der Waals surface area (Å²) in [6.07, 6.45) is 8.05. The van der Waals surface area contributed by atoms with Gasteiger partial charge in [-0.05, 0) is 88.3 Å². The minimum absolute atomic E-state index is 0.0138. The number of hydrogen-bond donors (Lipinski definition) is 0. The number of imidazole rings is 2. The van der Waals surface area contributed by atoms with E-state index in [1.807, 2.05) is 42.9 Å². The van der Waals surface area contributed by atoms with Gasteiger partial charge in [0.2, 0.25) is 5.88 Å². The molecule has 7 rings (SSSR count). The number of carbonyl (C=O) groups is 1. The molecular weight excluding hydrogens is 770 g/mol. The number of carbonyl (C=O) groups excluding carboxylic acids is 1. The topological polar surface area (TPSA) is 96.5 Å². The first-order chi connectivity index (χ1) is 24.4. The Balaban J connectivity index is 0.987. The molecule has 50 heavy (non-hydrogen) atoms. The van der Waals surface area contributed by atoms with Crippen molar-refractivity contribution in [2.24, 2.45) is 5.92 Å². The van der Waals surface area contributed by atoms with E-state index < -0.39 is 5.82 Å². The van der Waals surface area contributed by atoms with Crippen LogP contribution in [0.3, 0.4) is 0 Å². The van der Waals surface area contributed by atoms with Gasteiger partial charge in [0.25, 0.3) is 0 Å². The summed E-state index contributed by atoms with van der Waals surface area (Å²) >= 11 is 2.08. The number of methoxy groups -OCH3 is 1. The molecule has 0 unspecified atom stereocenters. The van der Waals surface area contributed by atoms with Gasteiger partial charge in [0, 0.05) is 58.7 Å². The van der Waals surface area contributed by atoms with Crippen LogP contribution in [0.1, 0.15) is 58.8 Å². The Morgan fingerprint density at radius 3 is 2.70 bits per heavy atom. The number of pyridine rings is 1. The van der Waals surface area contributed by atoms with E-state index in [2.05, 4.69) is 56.4 Å². The molecule has 1 saturated carbocycles. The van der Waals surface area contributed by atoms with Crippen molar-refractivity contribution in [2.45, 2.75) is 58.0 Å². The van der Waals surface area contributed by atoms with Crippen molar-refractivity contribution < 1.29 is 23.4 Å². The summed E-state index contributed by atoms with van der Waals surface area (Å²) in [5.41, 5.74) is 4.60. The Bertz CT molecular complexity index is 2050. The second-order valence-electron chi connectivity index (χ2n) is 12.6. The molecule has 5 aromatic rings. The molecular formula is C37H36FIN6O4S. The summed E-state index contributed by atoms with van der Waals surface area (Å²) in [7, 11) is 2.75. The SMILES string of the molecule is COC(=O)c1ccc2nc(CN3CCC(Oc4cccc(COc5ccc(C#CSI)cc5F)n4)CC3)n(Cc3cncn3CC3CC3)c2c1. The van der Waals surface area contributed by atoms with Gasteiger partial charge in [-0.2, -0.15) is 0 Å². The number of piperidine rings is 1. The molecule has 1 saturated heterocycles. The van der Waals surface area contributed by atoms with Gasteiger partial charge < -0.3 is 23.3 Å². The van der Waals surface area contributed by atoms with Gasteiger partial charge >= 0.3 is 5.97 Å². The molecule has 2 aromatic carbocycles. The Labute approximate surface area is 306 Å². The zero-order valence-corrected chi connectivity index (χ0v) is 30.5. The summed E-state index contributed by atoms with van der Waals surface area (Å²) in [6.45, 7) is 4.03. The largest absolute Gasteiger partial charge is 0.484 e. The number of ether oxygens (including phenoxy) is 3. The zero-order valence-electron chi connectivity index (χ0n) is 27.6. The number of hydrogen-bond acceptors (Lipinski definition) is 9. The van der Waals surface area contributed by atoms with Gasteiger partial charge in [0.1, 0.15) is 18.5 Å². The van der Waals surface area contributed by atoms with E-state index >= 15 is 0 Å². The maximum atomic E-state index is 14.5. The number of benzene rings is 2. The fourth-order valence-corrected chi connectivity index (χ4v) is 6.67. The number of likely N-dealkylation sites (tertiary alicyclic amines) is 1. The van der Waals surface area contributed by atoms with Crippen LogP contribution in [-0.2, 0) is 31.0 Å². The molecule has 0 atom stereocenters. The lowest BCUT2D eigenvalue weighted by Crippen LogP contribution is -2.38. The lowest BCUT2D eigenvalue weighted by Gasteiger charge is -2.31. The lowest BCUT2D eigenvalue weighted by atomic mass is 10.1. The summed E-state index contributed by atoms with van der Waals surface area (Å²) in [4.78, 5) is 28.9. The summed E-state index contributed by atoms with van der Waals surface area (Å²) < 4.78 is 36.0. The van der Waals surface area contributed by atoms with Crippen LogP contribution < -0.4 is 9.47 Å². The van der Waals surface area contributed by atoms with E-state index in [9.17, 15) is 9.18 Å². The predicted octanol–water partition coefficient (Wildman–Crippen LogP) is 7.03. The third-order valence-corrected chi connectivity index (χ3v) is 9.87. The van der Waals surface area contributed by atoms with E-state index in [0.29, 0.717) is 35.8 Å². The van der Waals surface area contributed by atoms with Gasteiger partial charge in [-0.15, -0.1) is 0 Å². The molecule has 0 amide bonds. The third-order valence-electron chi connectivity index (χ3n) is 9.03. The van der Waals surface area contributed by atoms with E-state index in [-0.39, 0.29) is 24.4 Å². The number of nitrogens with zero attached hydrogens (tertiary/aromatic N) is 6. The molecule has 3 aromatic heterocycles. The molecule has 0 spiro atoms. The minimum Gasteiger partial charge on any atom is -0.484 e. The fraction of sp³-hybridized carbons (Fsp3) is 0.351. The van der Waals surface area contributed by atoms with Gasteiger partial charge in [-0.3, -0.25) is 4.90 Å². The smallest absolute Gasteiger partial charge is 0.337 e. The quantitative estimate of drug-likeness (QED) is 0.0749. The molecule has 0 radical (unpaired) electrons. The molecule has 2 aliphatic rings. The molecule has 13 heteroatoms. The molecule has 4 heterocycles. The van der Waals surface area contributed by atoms with Crippen molar-refractivity contribution in [3.05, 3.63) is 101 Å². The Kier molecular flexibility index (Phi) is 10.9. The van der Waals surface area contributed by atoms with Crippen molar-refractivity contribution in [2.75, 3.05) is 20.2 Å². The van der Waals surface area contributed by atoms with E-state index in [4.69, 9.17) is 19.2 Å². The van der Waals surface area contributed by atoms with Crippen LogP contribution in [0.4, 0.5) is 4.39 Å². The number of aromatic nitrogens is 5. The van der Waals surface area contributed by atoms with Crippen LogP contribution in [0.25, 0.3) is 11.0 Å². The van der Waals surface area contributed by atoms with Crippen molar-refractivity contribution >= 4 is 47.1 Å². The summed E-state index contributed by atoms with van der Waals surface area (Å²) in [6, 6.07) is 15.8. The monoisotopic (exact) mass is 806 g/mol. The minimum atomic E-state index is -0.462. The van der Waals surface area contributed by atoms with Crippen LogP contribution in [-0.4, -0.2) is 61.3 Å². The highest BCUT2D eigenvalue weighted by Crippen LogP contribution is 2.31. The number of fused-ring (bicyclic) bond motifs is 1. The first-order valence-electron chi connectivity index (χ1n) is 16.6. The number of rotatable bonds is 12. The van der Waals surface area contributed by atoms with Crippen LogP contribution in [0.2, 0.25) is 0 Å². The molecule has 2 fully saturated rings. The van der Waals surface area contributed by atoms with E-state index in [1.165, 1.54) is 35.0 Å². The third kappa shape index (κ3) is 8.42. The molecule has 1 aliphatic heterocycles. The second-order valence-corrected chi connectivity index (χ2v) is 14.3. The Morgan fingerprint density at radius 1 is 1.06 bits per heavy atom.